The van der Waals surface area contributed by atoms with Crippen molar-refractivity contribution >= 4 is 21.8 Å². The van der Waals surface area contributed by atoms with Crippen LogP contribution in [0.3, 0.4) is 0 Å². The SMILES string of the molecule is CC(=O)NC1CCC(NC(=O)c2cc(S(=O)(=O)N3CCCCC3)cn2C)CC1. The van der Waals surface area contributed by atoms with E-state index in [2.05, 4.69) is 10.6 Å². The first-order chi connectivity index (χ1) is 13.3. The van der Waals surface area contributed by atoms with Crippen LogP contribution in [0, 0.1) is 0 Å². The Labute approximate surface area is 166 Å². The van der Waals surface area contributed by atoms with Gasteiger partial charge in [-0.25, -0.2) is 8.42 Å². The first kappa shape index (κ1) is 20.9. The lowest BCUT2D eigenvalue weighted by Gasteiger charge is -2.29. The van der Waals surface area contributed by atoms with Crippen LogP contribution in [0.4, 0.5) is 0 Å². The number of nitrogens with zero attached hydrogens (tertiary/aromatic N) is 2. The van der Waals surface area contributed by atoms with Crippen molar-refractivity contribution in [3.63, 3.8) is 0 Å². The van der Waals surface area contributed by atoms with Gasteiger partial charge in [-0.05, 0) is 44.6 Å². The third-order valence-electron chi connectivity index (χ3n) is 5.64. The zero-order chi connectivity index (χ0) is 20.3. The average molecular weight is 411 g/mol. The minimum atomic E-state index is -3.56. The fourth-order valence-electron chi connectivity index (χ4n) is 4.08. The number of sulfonamides is 1. The number of carbonyl (C=O) groups excluding carboxylic acids is 2. The second-order valence-corrected chi connectivity index (χ2v) is 9.80. The predicted molar refractivity (Wildman–Crippen MR) is 105 cm³/mol. The van der Waals surface area contributed by atoms with E-state index in [0.29, 0.717) is 18.8 Å². The molecule has 1 aromatic rings. The lowest BCUT2D eigenvalue weighted by molar-refractivity contribution is -0.119. The normalized spacial score (nSPS) is 23.9. The molecule has 0 bridgehead atoms. The Kier molecular flexibility index (Phi) is 6.44. The largest absolute Gasteiger partial charge is 0.354 e. The summed E-state index contributed by atoms with van der Waals surface area (Å²) in [4.78, 5) is 24.0. The van der Waals surface area contributed by atoms with Crippen molar-refractivity contribution in [2.24, 2.45) is 7.05 Å². The number of carbonyl (C=O) groups is 2. The van der Waals surface area contributed by atoms with Gasteiger partial charge in [-0.3, -0.25) is 9.59 Å². The van der Waals surface area contributed by atoms with E-state index in [-0.39, 0.29) is 28.8 Å². The maximum absolute atomic E-state index is 12.8. The standard InChI is InChI=1S/C19H30N4O4S/c1-14(24)20-15-6-8-16(9-7-15)21-19(25)18-12-17(13-22(18)2)28(26,27)23-10-4-3-5-11-23/h12-13,15-16H,3-11H2,1-2H3,(H,20,24)(H,21,25). The molecule has 8 nitrogen and oxygen atoms in total. The number of aromatic nitrogens is 1. The molecule has 2 fully saturated rings. The quantitative estimate of drug-likeness (QED) is 0.766. The number of aryl methyl sites for hydroxylation is 1. The lowest BCUT2D eigenvalue weighted by Crippen LogP contribution is -2.43. The van der Waals surface area contributed by atoms with Gasteiger partial charge in [0.25, 0.3) is 5.91 Å². The molecule has 0 aromatic carbocycles. The van der Waals surface area contributed by atoms with Crippen molar-refractivity contribution < 1.29 is 18.0 Å². The highest BCUT2D eigenvalue weighted by Gasteiger charge is 2.29. The van der Waals surface area contributed by atoms with E-state index in [1.54, 1.807) is 11.6 Å². The Bertz CT molecular complexity index is 819. The van der Waals surface area contributed by atoms with E-state index < -0.39 is 10.0 Å². The summed E-state index contributed by atoms with van der Waals surface area (Å²) in [5, 5.41) is 5.93. The molecule has 1 saturated heterocycles. The molecule has 1 aliphatic carbocycles. The van der Waals surface area contributed by atoms with Gasteiger partial charge in [-0.15, -0.1) is 0 Å². The molecule has 0 radical (unpaired) electrons. The van der Waals surface area contributed by atoms with Crippen molar-refractivity contribution in [1.29, 1.82) is 0 Å². The van der Waals surface area contributed by atoms with Crippen LogP contribution in [0.1, 0.15) is 62.4 Å². The second-order valence-electron chi connectivity index (χ2n) is 7.86. The molecule has 1 aliphatic heterocycles. The Morgan fingerprint density at radius 3 is 2.14 bits per heavy atom. The summed E-state index contributed by atoms with van der Waals surface area (Å²) in [5.74, 6) is -0.288. The number of piperidine rings is 1. The van der Waals surface area contributed by atoms with Crippen molar-refractivity contribution in [1.82, 2.24) is 19.5 Å². The topological polar surface area (TPSA) is 101 Å². The summed E-state index contributed by atoms with van der Waals surface area (Å²) in [6.45, 7) is 2.59. The van der Waals surface area contributed by atoms with Gasteiger partial charge in [0.05, 0.1) is 0 Å². The van der Waals surface area contributed by atoms with E-state index in [0.717, 1.165) is 44.9 Å². The van der Waals surface area contributed by atoms with Gasteiger partial charge in [0.15, 0.2) is 0 Å². The number of amides is 2. The zero-order valence-corrected chi connectivity index (χ0v) is 17.4. The van der Waals surface area contributed by atoms with Gasteiger partial charge in [-0.1, -0.05) is 6.42 Å². The van der Waals surface area contributed by atoms with Crippen molar-refractivity contribution in [2.45, 2.75) is 68.8 Å². The monoisotopic (exact) mass is 410 g/mol. The lowest BCUT2D eigenvalue weighted by atomic mass is 9.91. The van der Waals surface area contributed by atoms with Crippen LogP contribution in [0.15, 0.2) is 17.2 Å². The molecular weight excluding hydrogens is 380 g/mol. The van der Waals surface area contributed by atoms with Crippen LogP contribution >= 0.6 is 0 Å². The third kappa shape index (κ3) is 4.75. The third-order valence-corrected chi connectivity index (χ3v) is 7.50. The first-order valence-electron chi connectivity index (χ1n) is 10.0. The fraction of sp³-hybridized carbons (Fsp3) is 0.684. The van der Waals surface area contributed by atoms with Crippen LogP contribution in [-0.4, -0.2) is 54.3 Å². The molecule has 0 atom stereocenters. The van der Waals surface area contributed by atoms with E-state index >= 15 is 0 Å². The Hall–Kier alpha value is -1.87. The Morgan fingerprint density at radius 1 is 1.00 bits per heavy atom. The van der Waals surface area contributed by atoms with Gasteiger partial charge in [-0.2, -0.15) is 4.31 Å². The van der Waals surface area contributed by atoms with Gasteiger partial charge < -0.3 is 15.2 Å². The van der Waals surface area contributed by atoms with E-state index in [9.17, 15) is 18.0 Å². The van der Waals surface area contributed by atoms with E-state index in [1.807, 2.05) is 0 Å². The van der Waals surface area contributed by atoms with Crippen LogP contribution < -0.4 is 10.6 Å². The number of hydrogen-bond acceptors (Lipinski definition) is 4. The van der Waals surface area contributed by atoms with Crippen molar-refractivity contribution in [3.05, 3.63) is 18.0 Å². The summed E-state index contributed by atoms with van der Waals surface area (Å²) in [7, 11) is -1.86. The number of nitrogens with one attached hydrogen (secondary N) is 2. The van der Waals surface area contributed by atoms with Crippen molar-refractivity contribution in [2.75, 3.05) is 13.1 Å². The molecule has 1 aromatic heterocycles. The van der Waals surface area contributed by atoms with Crippen LogP contribution in [0.2, 0.25) is 0 Å². The molecule has 0 unspecified atom stereocenters. The van der Waals surface area contributed by atoms with Gasteiger partial charge in [0.1, 0.15) is 10.6 Å². The molecule has 1 saturated carbocycles. The molecule has 0 spiro atoms. The second kappa shape index (κ2) is 8.65. The molecule has 28 heavy (non-hydrogen) atoms. The summed E-state index contributed by atoms with van der Waals surface area (Å²) >= 11 is 0. The fourth-order valence-corrected chi connectivity index (χ4v) is 5.67. The first-order valence-corrected chi connectivity index (χ1v) is 11.5. The highest BCUT2D eigenvalue weighted by molar-refractivity contribution is 7.89. The molecule has 156 valence electrons. The minimum absolute atomic E-state index is 0.0289. The van der Waals surface area contributed by atoms with Gasteiger partial charge in [0.2, 0.25) is 15.9 Å². The molecule has 2 heterocycles. The predicted octanol–water partition coefficient (Wildman–Crippen LogP) is 1.38. The molecule has 3 rings (SSSR count). The minimum Gasteiger partial charge on any atom is -0.354 e. The maximum atomic E-state index is 12.8. The number of hydrogen-bond donors (Lipinski definition) is 2. The van der Waals surface area contributed by atoms with Gasteiger partial charge >= 0.3 is 0 Å². The molecule has 2 aliphatic rings. The Morgan fingerprint density at radius 2 is 1.57 bits per heavy atom. The maximum Gasteiger partial charge on any atom is 0.268 e. The number of rotatable bonds is 5. The van der Waals surface area contributed by atoms with Crippen molar-refractivity contribution in [3.8, 4) is 0 Å². The zero-order valence-electron chi connectivity index (χ0n) is 16.6. The smallest absolute Gasteiger partial charge is 0.268 e. The highest BCUT2D eigenvalue weighted by atomic mass is 32.2. The Balaban J connectivity index is 1.63. The van der Waals surface area contributed by atoms with Crippen LogP contribution in [0.25, 0.3) is 0 Å². The van der Waals surface area contributed by atoms with E-state index in [1.165, 1.54) is 23.5 Å². The summed E-state index contributed by atoms with van der Waals surface area (Å²) < 4.78 is 28.8. The molecule has 2 amide bonds. The highest BCUT2D eigenvalue weighted by Crippen LogP contribution is 2.23. The average Bonchev–Trinajstić information content (AvgIpc) is 3.06. The summed E-state index contributed by atoms with van der Waals surface area (Å²) in [6.07, 6.45) is 7.56. The van der Waals surface area contributed by atoms with Crippen LogP contribution in [-0.2, 0) is 21.9 Å². The summed E-state index contributed by atoms with van der Waals surface area (Å²) in [6, 6.07) is 1.68. The molecule has 9 heteroatoms. The molecule has 2 N–H and O–H groups in total. The van der Waals surface area contributed by atoms with Crippen LogP contribution in [0.5, 0.6) is 0 Å². The van der Waals surface area contributed by atoms with E-state index in [4.69, 9.17) is 0 Å². The summed E-state index contributed by atoms with van der Waals surface area (Å²) in [5.41, 5.74) is 0.347. The van der Waals surface area contributed by atoms with Gasteiger partial charge in [0, 0.05) is 45.3 Å². The molecular formula is C19H30N4O4S.